The first-order valence-corrected chi connectivity index (χ1v) is 11.5. The van der Waals surface area contributed by atoms with Crippen molar-refractivity contribution in [3.8, 4) is 0 Å². The van der Waals surface area contributed by atoms with Crippen LogP contribution in [0.2, 0.25) is 0 Å². The highest BCUT2D eigenvalue weighted by Crippen LogP contribution is 2.31. The van der Waals surface area contributed by atoms with Crippen LogP contribution < -0.4 is 27.8 Å². The Kier molecular flexibility index (Phi) is 7.47. The number of aryl methyl sites for hydroxylation is 2. The SMILES string of the molecule is Cc1cn([C@H]2C[C@H](O)[C@@H](CNC(=O)N(O)[C@H]3C[C@H](n4cc(C)c(=O)[nH]c4=O)O[C@@H]3CO)O2)c(=O)[nH]c1=O. The molecule has 0 aromatic carbocycles. The van der Waals surface area contributed by atoms with Crippen LogP contribution in [0.1, 0.15) is 36.4 Å². The molecule has 4 rings (SSSR count). The number of aliphatic hydroxyl groups excluding tert-OH is 2. The van der Waals surface area contributed by atoms with E-state index in [2.05, 4.69) is 15.3 Å². The topological polar surface area (TPSA) is 221 Å². The van der Waals surface area contributed by atoms with Crippen molar-refractivity contribution in [1.29, 1.82) is 0 Å². The maximum Gasteiger partial charge on any atom is 0.341 e. The lowest BCUT2D eigenvalue weighted by atomic mass is 10.1. The van der Waals surface area contributed by atoms with E-state index in [4.69, 9.17) is 9.47 Å². The summed E-state index contributed by atoms with van der Waals surface area (Å²) in [6.07, 6.45) is -2.31. The fraction of sp³-hybridized carbons (Fsp3) is 0.571. The lowest BCUT2D eigenvalue weighted by Crippen LogP contribution is -2.50. The molecule has 37 heavy (non-hydrogen) atoms. The minimum absolute atomic E-state index is 0.0207. The maximum absolute atomic E-state index is 12.6. The Bertz CT molecular complexity index is 1400. The monoisotopic (exact) mass is 524 g/mol. The third-order valence-electron chi connectivity index (χ3n) is 6.48. The Morgan fingerprint density at radius 1 is 1.00 bits per heavy atom. The first-order chi connectivity index (χ1) is 17.5. The Hall–Kier alpha value is -3.57. The number of aliphatic hydroxyl groups is 2. The molecular formula is C21H28N6O10. The summed E-state index contributed by atoms with van der Waals surface area (Å²) in [5.74, 6) is 0. The number of nitrogens with one attached hydrogen (secondary N) is 3. The average Bonchev–Trinajstić information content (AvgIpc) is 3.45. The van der Waals surface area contributed by atoms with Crippen LogP contribution in [-0.2, 0) is 9.47 Å². The normalized spacial score (nSPS) is 27.4. The summed E-state index contributed by atoms with van der Waals surface area (Å²) in [5.41, 5.74) is -2.02. The second-order valence-electron chi connectivity index (χ2n) is 9.03. The molecule has 2 fully saturated rings. The minimum atomic E-state index is -1.06. The Balaban J connectivity index is 1.39. The number of hydrogen-bond acceptors (Lipinski definition) is 10. The summed E-state index contributed by atoms with van der Waals surface area (Å²) >= 11 is 0. The van der Waals surface area contributed by atoms with Crippen LogP contribution in [0.3, 0.4) is 0 Å². The molecule has 2 aliphatic rings. The van der Waals surface area contributed by atoms with Crippen LogP contribution >= 0.6 is 0 Å². The molecule has 2 aromatic rings. The van der Waals surface area contributed by atoms with E-state index in [0.717, 1.165) is 9.13 Å². The van der Waals surface area contributed by atoms with E-state index < -0.39 is 71.9 Å². The van der Waals surface area contributed by atoms with Crippen molar-refractivity contribution in [2.45, 2.75) is 63.5 Å². The molecule has 6 N–H and O–H groups in total. The van der Waals surface area contributed by atoms with Gasteiger partial charge in [0.2, 0.25) is 0 Å². The van der Waals surface area contributed by atoms with Gasteiger partial charge in [-0.25, -0.2) is 19.4 Å². The van der Waals surface area contributed by atoms with Gasteiger partial charge in [0.1, 0.15) is 24.7 Å². The molecule has 6 atom stereocenters. The number of aromatic nitrogens is 4. The van der Waals surface area contributed by atoms with Crippen LogP contribution in [0.15, 0.2) is 31.6 Å². The van der Waals surface area contributed by atoms with Crippen LogP contribution in [-0.4, -0.2) is 83.1 Å². The fourth-order valence-electron chi connectivity index (χ4n) is 4.40. The molecule has 0 aliphatic carbocycles. The first kappa shape index (κ1) is 26.5. The molecule has 4 heterocycles. The van der Waals surface area contributed by atoms with E-state index in [9.17, 15) is 39.4 Å². The number of H-pyrrole nitrogens is 2. The van der Waals surface area contributed by atoms with Gasteiger partial charge in [-0.3, -0.25) is 33.9 Å². The number of aromatic amines is 2. The number of nitrogens with zero attached hydrogens (tertiary/aromatic N) is 3. The molecular weight excluding hydrogens is 496 g/mol. The van der Waals surface area contributed by atoms with Gasteiger partial charge < -0.3 is 25.0 Å². The molecule has 0 unspecified atom stereocenters. The number of carbonyl (C=O) groups excluding carboxylic acids is 1. The quantitative estimate of drug-likeness (QED) is 0.171. The molecule has 2 aromatic heterocycles. The molecule has 2 aliphatic heterocycles. The zero-order valence-electron chi connectivity index (χ0n) is 20.0. The molecule has 0 radical (unpaired) electrons. The van der Waals surface area contributed by atoms with Crippen molar-refractivity contribution < 1.29 is 29.7 Å². The van der Waals surface area contributed by atoms with Crippen LogP contribution in [0, 0.1) is 13.8 Å². The van der Waals surface area contributed by atoms with Gasteiger partial charge in [-0.1, -0.05) is 0 Å². The fourth-order valence-corrected chi connectivity index (χ4v) is 4.40. The van der Waals surface area contributed by atoms with Crippen LogP contribution in [0.5, 0.6) is 0 Å². The zero-order chi connectivity index (χ0) is 27.0. The van der Waals surface area contributed by atoms with E-state index in [0.29, 0.717) is 5.06 Å². The second-order valence-corrected chi connectivity index (χ2v) is 9.03. The van der Waals surface area contributed by atoms with Gasteiger partial charge in [-0.05, 0) is 13.8 Å². The van der Waals surface area contributed by atoms with Crippen LogP contribution in [0.4, 0.5) is 4.79 Å². The first-order valence-electron chi connectivity index (χ1n) is 11.5. The highest BCUT2D eigenvalue weighted by atomic mass is 16.6. The van der Waals surface area contributed by atoms with Crippen molar-refractivity contribution in [3.63, 3.8) is 0 Å². The summed E-state index contributed by atoms with van der Waals surface area (Å²) in [6.45, 7) is 2.21. The third kappa shape index (κ3) is 5.28. The predicted octanol–water partition coefficient (Wildman–Crippen LogP) is -2.60. The van der Waals surface area contributed by atoms with Crippen molar-refractivity contribution in [2.75, 3.05) is 13.2 Å². The number of hydroxylamine groups is 2. The maximum atomic E-state index is 12.6. The summed E-state index contributed by atoms with van der Waals surface area (Å²) in [4.78, 5) is 64.4. The second kappa shape index (κ2) is 10.4. The lowest BCUT2D eigenvalue weighted by molar-refractivity contribution is -0.109. The standard InChI is InChI=1S/C21H28N6O10/c1-9-6-25(20(33)23-17(9)30)15-3-11(14(8-28)37-15)27(35)19(32)22-5-13-12(29)4-16(36-13)26-7-10(2)18(31)24-21(26)34/h6-7,11-16,28-29,35H,3-5,8H2,1-2H3,(H,22,32)(H,23,30,33)(H,24,31,34)/t11-,12-,13+,14+,15+,16+/m0/s1. The number of amides is 2. The van der Waals surface area contributed by atoms with Crippen molar-refractivity contribution in [3.05, 3.63) is 65.2 Å². The van der Waals surface area contributed by atoms with Gasteiger partial charge in [-0.2, -0.15) is 0 Å². The lowest BCUT2D eigenvalue weighted by Gasteiger charge is -2.26. The molecule has 202 valence electrons. The average molecular weight is 524 g/mol. The number of carbonyl (C=O) groups is 1. The third-order valence-corrected chi connectivity index (χ3v) is 6.48. The molecule has 0 spiro atoms. The summed E-state index contributed by atoms with van der Waals surface area (Å²) in [5, 5.41) is 33.3. The van der Waals surface area contributed by atoms with Gasteiger partial charge in [0.15, 0.2) is 0 Å². The highest BCUT2D eigenvalue weighted by Gasteiger charge is 2.42. The van der Waals surface area contributed by atoms with Crippen molar-refractivity contribution in [2.24, 2.45) is 0 Å². The largest absolute Gasteiger partial charge is 0.394 e. The smallest absolute Gasteiger partial charge is 0.341 e. The van der Waals surface area contributed by atoms with Gasteiger partial charge in [0.05, 0.1) is 18.8 Å². The number of urea groups is 1. The Labute approximate surface area is 207 Å². The minimum Gasteiger partial charge on any atom is -0.394 e. The van der Waals surface area contributed by atoms with Gasteiger partial charge >= 0.3 is 17.4 Å². The predicted molar refractivity (Wildman–Crippen MR) is 123 cm³/mol. The van der Waals surface area contributed by atoms with Gasteiger partial charge in [0.25, 0.3) is 11.1 Å². The molecule has 16 nitrogen and oxygen atoms in total. The molecule has 2 saturated heterocycles. The summed E-state index contributed by atoms with van der Waals surface area (Å²) in [7, 11) is 0. The Morgan fingerprint density at radius 3 is 2.05 bits per heavy atom. The number of hydrogen-bond donors (Lipinski definition) is 6. The van der Waals surface area contributed by atoms with E-state index in [-0.39, 0.29) is 30.5 Å². The molecule has 2 amide bonds. The van der Waals surface area contributed by atoms with Gasteiger partial charge in [-0.15, -0.1) is 0 Å². The van der Waals surface area contributed by atoms with Crippen molar-refractivity contribution in [1.82, 2.24) is 29.5 Å². The molecule has 0 bridgehead atoms. The van der Waals surface area contributed by atoms with Crippen LogP contribution in [0.25, 0.3) is 0 Å². The number of rotatable bonds is 6. The van der Waals surface area contributed by atoms with E-state index in [1.165, 1.54) is 26.2 Å². The number of ether oxygens (including phenoxy) is 2. The summed E-state index contributed by atoms with van der Waals surface area (Å²) < 4.78 is 13.6. The summed E-state index contributed by atoms with van der Waals surface area (Å²) in [6, 6.07) is -2.02. The van der Waals surface area contributed by atoms with Gasteiger partial charge in [0, 0.05) is 42.9 Å². The zero-order valence-corrected chi connectivity index (χ0v) is 20.0. The molecule has 0 saturated carbocycles. The van der Waals surface area contributed by atoms with E-state index >= 15 is 0 Å². The highest BCUT2D eigenvalue weighted by molar-refractivity contribution is 5.73. The van der Waals surface area contributed by atoms with E-state index in [1.54, 1.807) is 0 Å². The Morgan fingerprint density at radius 2 is 1.51 bits per heavy atom. The van der Waals surface area contributed by atoms with Crippen molar-refractivity contribution >= 4 is 6.03 Å². The van der Waals surface area contributed by atoms with E-state index in [1.807, 2.05) is 0 Å². The molecule has 16 heteroatoms.